The maximum Gasteiger partial charge on any atom is 0.240 e. The molecule has 2 aliphatic heterocycles. The fraction of sp³-hybridized carbons (Fsp3) is 0.364. The van der Waals surface area contributed by atoms with Crippen molar-refractivity contribution in [3.05, 3.63) is 29.8 Å². The summed E-state index contributed by atoms with van der Waals surface area (Å²) >= 11 is 0. The van der Waals surface area contributed by atoms with Crippen LogP contribution in [-0.2, 0) is 10.2 Å². The fourth-order valence-corrected chi connectivity index (χ4v) is 2.43. The zero-order chi connectivity index (χ0) is 9.76. The Balaban J connectivity index is 2.23. The lowest BCUT2D eigenvalue weighted by molar-refractivity contribution is -0.124. The third kappa shape index (κ3) is 0.700. The molecule has 0 aromatic heterocycles. The lowest BCUT2D eigenvalue weighted by Crippen LogP contribution is -2.61. The van der Waals surface area contributed by atoms with Crippen LogP contribution in [0.3, 0.4) is 0 Å². The van der Waals surface area contributed by atoms with Gasteiger partial charge in [-0.15, -0.1) is 0 Å². The van der Waals surface area contributed by atoms with E-state index >= 15 is 0 Å². The first-order chi connectivity index (χ1) is 6.76. The van der Waals surface area contributed by atoms with Crippen LogP contribution < -0.4 is 10.2 Å². The molecule has 1 spiro atoms. The van der Waals surface area contributed by atoms with Crippen molar-refractivity contribution in [3.8, 4) is 0 Å². The highest BCUT2D eigenvalue weighted by atomic mass is 16.2. The van der Waals surface area contributed by atoms with Crippen LogP contribution in [0.4, 0.5) is 5.69 Å². The molecule has 0 radical (unpaired) electrons. The van der Waals surface area contributed by atoms with Gasteiger partial charge >= 0.3 is 0 Å². The van der Waals surface area contributed by atoms with Gasteiger partial charge in [0.2, 0.25) is 5.91 Å². The van der Waals surface area contributed by atoms with Gasteiger partial charge in [0, 0.05) is 25.8 Å². The smallest absolute Gasteiger partial charge is 0.240 e. The van der Waals surface area contributed by atoms with Gasteiger partial charge in [0.05, 0.1) is 0 Å². The highest BCUT2D eigenvalue weighted by Crippen LogP contribution is 2.43. The maximum atomic E-state index is 12.1. The van der Waals surface area contributed by atoms with Crippen LogP contribution >= 0.6 is 0 Å². The molecule has 72 valence electrons. The van der Waals surface area contributed by atoms with Crippen molar-refractivity contribution in [1.82, 2.24) is 5.32 Å². The zero-order valence-corrected chi connectivity index (χ0v) is 8.08. The van der Waals surface area contributed by atoms with Crippen LogP contribution in [0.5, 0.6) is 0 Å². The van der Waals surface area contributed by atoms with Crippen LogP contribution in [0, 0.1) is 0 Å². The summed E-state index contributed by atoms with van der Waals surface area (Å²) in [5.74, 6) is 0.234. The van der Waals surface area contributed by atoms with Gasteiger partial charge in [-0.25, -0.2) is 0 Å². The average Bonchev–Trinajstić information content (AvgIpc) is 2.37. The first-order valence-corrected chi connectivity index (χ1v) is 4.84. The van der Waals surface area contributed by atoms with Crippen molar-refractivity contribution in [1.29, 1.82) is 0 Å². The van der Waals surface area contributed by atoms with Gasteiger partial charge in [0.15, 0.2) is 0 Å². The monoisotopic (exact) mass is 188 g/mol. The van der Waals surface area contributed by atoms with Crippen LogP contribution in [0.2, 0.25) is 0 Å². The van der Waals surface area contributed by atoms with E-state index in [0.29, 0.717) is 0 Å². The number of carbonyl (C=O) groups is 1. The Morgan fingerprint density at radius 1 is 1.36 bits per heavy atom. The van der Waals surface area contributed by atoms with Gasteiger partial charge in [0.25, 0.3) is 0 Å². The number of anilines is 1. The molecule has 1 saturated heterocycles. The normalized spacial score (nSPS) is 22.4. The molecule has 2 heterocycles. The minimum absolute atomic E-state index is 0.234. The molecule has 1 N–H and O–H groups in total. The molecule has 1 amide bonds. The Morgan fingerprint density at radius 2 is 2.07 bits per heavy atom. The van der Waals surface area contributed by atoms with Crippen LogP contribution in [0.15, 0.2) is 24.3 Å². The van der Waals surface area contributed by atoms with Gasteiger partial charge in [-0.3, -0.25) is 4.79 Å². The molecule has 3 nitrogen and oxygen atoms in total. The summed E-state index contributed by atoms with van der Waals surface area (Å²) in [6.07, 6.45) is 0. The van der Waals surface area contributed by atoms with Crippen molar-refractivity contribution >= 4 is 11.6 Å². The maximum absolute atomic E-state index is 12.1. The van der Waals surface area contributed by atoms with E-state index in [1.807, 2.05) is 25.2 Å². The van der Waals surface area contributed by atoms with Crippen LogP contribution in [-0.4, -0.2) is 26.0 Å². The molecule has 1 fully saturated rings. The number of fused-ring (bicyclic) bond motifs is 2. The molecule has 3 heteroatoms. The molecule has 0 unspecified atom stereocenters. The quantitative estimate of drug-likeness (QED) is 0.643. The first kappa shape index (κ1) is 8.00. The van der Waals surface area contributed by atoms with Crippen molar-refractivity contribution in [2.24, 2.45) is 0 Å². The SMILES string of the molecule is CN1C(=O)C2(CNC2)c2ccccc21. The highest BCUT2D eigenvalue weighted by Gasteiger charge is 2.53. The number of hydrogen-bond acceptors (Lipinski definition) is 2. The van der Waals surface area contributed by atoms with Crippen LogP contribution in [0.1, 0.15) is 5.56 Å². The van der Waals surface area contributed by atoms with Gasteiger partial charge in [0.1, 0.15) is 5.41 Å². The van der Waals surface area contributed by atoms with Gasteiger partial charge in [-0.2, -0.15) is 0 Å². The third-order valence-corrected chi connectivity index (χ3v) is 3.35. The summed E-state index contributed by atoms with van der Waals surface area (Å²) < 4.78 is 0. The number of rotatable bonds is 0. The van der Waals surface area contributed by atoms with Gasteiger partial charge in [-0.05, 0) is 11.6 Å². The summed E-state index contributed by atoms with van der Waals surface area (Å²) in [5, 5.41) is 3.19. The molecule has 0 aliphatic carbocycles. The number of amides is 1. The van der Waals surface area contributed by atoms with E-state index in [4.69, 9.17) is 0 Å². The van der Waals surface area contributed by atoms with Gasteiger partial charge in [-0.1, -0.05) is 18.2 Å². The molecule has 3 rings (SSSR count). The van der Waals surface area contributed by atoms with Crippen molar-refractivity contribution < 1.29 is 4.79 Å². The van der Waals surface area contributed by atoms with Crippen molar-refractivity contribution in [3.63, 3.8) is 0 Å². The molecule has 0 saturated carbocycles. The number of benzene rings is 1. The second-order valence-corrected chi connectivity index (χ2v) is 4.07. The van der Waals surface area contributed by atoms with Crippen molar-refractivity contribution in [2.75, 3.05) is 25.0 Å². The van der Waals surface area contributed by atoms with Gasteiger partial charge < -0.3 is 10.2 Å². The van der Waals surface area contributed by atoms with E-state index in [9.17, 15) is 4.79 Å². The minimum Gasteiger partial charge on any atom is -0.314 e. The summed E-state index contributed by atoms with van der Waals surface area (Å²) in [6, 6.07) is 8.07. The summed E-state index contributed by atoms with van der Waals surface area (Å²) in [4.78, 5) is 13.8. The number of likely N-dealkylation sites (N-methyl/N-ethyl adjacent to an activating group) is 1. The summed E-state index contributed by atoms with van der Waals surface area (Å²) in [5.41, 5.74) is 2.01. The fourth-order valence-electron chi connectivity index (χ4n) is 2.43. The Kier molecular flexibility index (Phi) is 1.35. The molecule has 2 aliphatic rings. The molecule has 1 aromatic rings. The Bertz CT molecular complexity index is 410. The minimum atomic E-state index is -0.245. The molecule has 0 bridgehead atoms. The second-order valence-electron chi connectivity index (χ2n) is 4.07. The second kappa shape index (κ2) is 2.36. The van der Waals surface area contributed by atoms with E-state index < -0.39 is 0 Å². The predicted molar refractivity (Wildman–Crippen MR) is 54.4 cm³/mol. The number of nitrogens with one attached hydrogen (secondary N) is 1. The van der Waals surface area contributed by atoms with Crippen LogP contribution in [0.25, 0.3) is 0 Å². The lowest BCUT2D eigenvalue weighted by Gasteiger charge is -2.37. The molecular formula is C11H12N2O. The van der Waals surface area contributed by atoms with E-state index in [0.717, 1.165) is 18.8 Å². The summed E-state index contributed by atoms with van der Waals surface area (Å²) in [7, 11) is 1.86. The Morgan fingerprint density at radius 3 is 2.71 bits per heavy atom. The van der Waals surface area contributed by atoms with E-state index in [-0.39, 0.29) is 11.3 Å². The van der Waals surface area contributed by atoms with E-state index in [1.165, 1.54) is 5.56 Å². The highest BCUT2D eigenvalue weighted by molar-refractivity contribution is 6.08. The predicted octanol–water partition coefficient (Wildman–Crippen LogP) is 0.504. The first-order valence-electron chi connectivity index (χ1n) is 4.84. The third-order valence-electron chi connectivity index (χ3n) is 3.35. The average molecular weight is 188 g/mol. The topological polar surface area (TPSA) is 32.3 Å². The largest absolute Gasteiger partial charge is 0.314 e. The Hall–Kier alpha value is -1.35. The summed E-state index contributed by atoms with van der Waals surface area (Å²) in [6.45, 7) is 1.57. The molecule has 0 atom stereocenters. The standard InChI is InChI=1S/C11H12N2O/c1-13-9-5-3-2-4-8(9)11(10(13)14)6-12-7-11/h2-5,12H,6-7H2,1H3. The number of para-hydroxylation sites is 1. The molecule has 1 aromatic carbocycles. The number of nitrogens with zero attached hydrogens (tertiary/aromatic N) is 1. The van der Waals surface area contributed by atoms with E-state index in [1.54, 1.807) is 4.90 Å². The van der Waals surface area contributed by atoms with Crippen molar-refractivity contribution in [2.45, 2.75) is 5.41 Å². The molecular weight excluding hydrogens is 176 g/mol. The zero-order valence-electron chi connectivity index (χ0n) is 8.08. The molecule has 14 heavy (non-hydrogen) atoms. The lowest BCUT2D eigenvalue weighted by atomic mass is 9.76. The number of hydrogen-bond donors (Lipinski definition) is 1. The number of carbonyl (C=O) groups excluding carboxylic acids is 1. The Labute approximate surface area is 82.7 Å². The van der Waals surface area contributed by atoms with E-state index in [2.05, 4.69) is 11.4 Å².